The average Bonchev–Trinajstić information content (AvgIpc) is 3.40. The fourth-order valence-electron chi connectivity index (χ4n) is 4.86. The van der Waals surface area contributed by atoms with Crippen molar-refractivity contribution in [1.82, 2.24) is 10.1 Å². The molecule has 2 aromatic rings. The molecule has 1 aromatic carbocycles. The summed E-state index contributed by atoms with van der Waals surface area (Å²) in [5, 5.41) is 14.3. The molecule has 0 bridgehead atoms. The van der Waals surface area contributed by atoms with Crippen LogP contribution in [0.3, 0.4) is 0 Å². The molecule has 1 aromatic heterocycles. The predicted octanol–water partition coefficient (Wildman–Crippen LogP) is 4.08. The number of carbonyl (C=O) groups excluding carboxylic acids is 1. The summed E-state index contributed by atoms with van der Waals surface area (Å²) in [5.41, 5.74) is 1.77. The fraction of sp³-hybridized carbons (Fsp3) is 0.522. The maximum atomic E-state index is 12.9. The van der Waals surface area contributed by atoms with E-state index in [1.54, 1.807) is 4.90 Å². The second kappa shape index (κ2) is 8.01. The normalized spacial score (nSPS) is 22.7. The van der Waals surface area contributed by atoms with Crippen molar-refractivity contribution in [3.8, 4) is 11.3 Å². The van der Waals surface area contributed by atoms with Crippen molar-refractivity contribution >= 4 is 11.9 Å². The number of hydrogen-bond acceptors (Lipinski definition) is 4. The first-order valence-electron chi connectivity index (χ1n) is 10.5. The van der Waals surface area contributed by atoms with E-state index in [0.717, 1.165) is 36.8 Å². The Balaban J connectivity index is 1.54. The first kappa shape index (κ1) is 19.7. The van der Waals surface area contributed by atoms with Gasteiger partial charge in [0, 0.05) is 37.1 Å². The molecule has 1 aliphatic heterocycles. The predicted molar refractivity (Wildman–Crippen MR) is 108 cm³/mol. The number of amides is 1. The summed E-state index contributed by atoms with van der Waals surface area (Å²) >= 11 is 0. The molecule has 1 N–H and O–H groups in total. The van der Waals surface area contributed by atoms with E-state index in [0.29, 0.717) is 30.8 Å². The van der Waals surface area contributed by atoms with Crippen LogP contribution in [0.4, 0.5) is 0 Å². The van der Waals surface area contributed by atoms with Crippen molar-refractivity contribution in [2.75, 3.05) is 13.1 Å². The Morgan fingerprint density at radius 1 is 1.24 bits per heavy atom. The summed E-state index contributed by atoms with van der Waals surface area (Å²) in [6.45, 7) is 2.91. The van der Waals surface area contributed by atoms with Gasteiger partial charge in [0.25, 0.3) is 0 Å². The van der Waals surface area contributed by atoms with Crippen molar-refractivity contribution in [1.29, 1.82) is 0 Å². The van der Waals surface area contributed by atoms with Crippen LogP contribution in [0.2, 0.25) is 0 Å². The van der Waals surface area contributed by atoms with E-state index in [1.165, 1.54) is 0 Å². The van der Waals surface area contributed by atoms with E-state index in [2.05, 4.69) is 5.16 Å². The molecule has 29 heavy (non-hydrogen) atoms. The molecule has 1 aliphatic carbocycles. The molecule has 1 atom stereocenters. The minimum Gasteiger partial charge on any atom is -0.481 e. The van der Waals surface area contributed by atoms with Gasteiger partial charge in [0.2, 0.25) is 5.91 Å². The lowest BCUT2D eigenvalue weighted by Crippen LogP contribution is -2.52. The van der Waals surface area contributed by atoms with Crippen molar-refractivity contribution < 1.29 is 19.2 Å². The molecular formula is C23H28N2O4. The molecule has 1 saturated heterocycles. The SMILES string of the molecule is Cc1ccccc1-c1cc(C[C@]2(C(=O)O)CCCN(C(=O)C3CCCC3)C2)on1. The maximum Gasteiger partial charge on any atom is 0.311 e. The second-order valence-electron chi connectivity index (χ2n) is 8.60. The van der Waals surface area contributed by atoms with Gasteiger partial charge < -0.3 is 14.5 Å². The van der Waals surface area contributed by atoms with Gasteiger partial charge in [0.1, 0.15) is 11.5 Å². The first-order valence-corrected chi connectivity index (χ1v) is 10.5. The summed E-state index contributed by atoms with van der Waals surface area (Å²) in [5.74, 6) is -0.111. The van der Waals surface area contributed by atoms with E-state index in [-0.39, 0.29) is 24.8 Å². The van der Waals surface area contributed by atoms with Gasteiger partial charge in [-0.05, 0) is 38.2 Å². The zero-order chi connectivity index (χ0) is 20.4. The number of aryl methyl sites for hydroxylation is 1. The number of piperidine rings is 1. The standard InChI is InChI=1S/C23H28N2O4/c1-16-7-2-5-10-19(16)20-13-18(29-24-20)14-23(22(27)28)11-6-12-25(15-23)21(26)17-8-3-4-9-17/h2,5,7,10,13,17H,3-4,6,8-9,11-12,14-15H2,1H3,(H,27,28)/t23-/m1/s1. The highest BCUT2D eigenvalue weighted by Gasteiger charge is 2.45. The third-order valence-electron chi connectivity index (χ3n) is 6.54. The molecule has 4 rings (SSSR count). The van der Waals surface area contributed by atoms with Gasteiger partial charge in [0.15, 0.2) is 0 Å². The van der Waals surface area contributed by atoms with Gasteiger partial charge in [-0.25, -0.2) is 0 Å². The van der Waals surface area contributed by atoms with Crippen LogP contribution >= 0.6 is 0 Å². The summed E-state index contributed by atoms with van der Waals surface area (Å²) in [6, 6.07) is 9.74. The number of hydrogen-bond donors (Lipinski definition) is 1. The summed E-state index contributed by atoms with van der Waals surface area (Å²) in [7, 11) is 0. The van der Waals surface area contributed by atoms with E-state index in [4.69, 9.17) is 4.52 Å². The number of carboxylic acids is 1. The van der Waals surface area contributed by atoms with Gasteiger partial charge in [-0.1, -0.05) is 42.3 Å². The van der Waals surface area contributed by atoms with Gasteiger partial charge >= 0.3 is 5.97 Å². The van der Waals surface area contributed by atoms with E-state index in [1.807, 2.05) is 37.3 Å². The quantitative estimate of drug-likeness (QED) is 0.823. The Bertz CT molecular complexity index is 900. The lowest BCUT2D eigenvalue weighted by Gasteiger charge is -2.40. The Morgan fingerprint density at radius 2 is 2.00 bits per heavy atom. The lowest BCUT2D eigenvalue weighted by molar-refractivity contribution is -0.156. The number of nitrogens with zero attached hydrogens (tertiary/aromatic N) is 2. The van der Waals surface area contributed by atoms with Crippen LogP contribution in [0.15, 0.2) is 34.9 Å². The monoisotopic (exact) mass is 396 g/mol. The topological polar surface area (TPSA) is 83.6 Å². The molecule has 1 amide bonds. The lowest BCUT2D eigenvalue weighted by atomic mass is 9.76. The van der Waals surface area contributed by atoms with Gasteiger partial charge in [-0.15, -0.1) is 0 Å². The third-order valence-corrected chi connectivity index (χ3v) is 6.54. The third kappa shape index (κ3) is 3.93. The molecule has 6 heteroatoms. The van der Waals surface area contributed by atoms with Crippen LogP contribution in [0.25, 0.3) is 11.3 Å². The van der Waals surface area contributed by atoms with E-state index >= 15 is 0 Å². The molecular weight excluding hydrogens is 368 g/mol. The summed E-state index contributed by atoms with van der Waals surface area (Å²) < 4.78 is 5.53. The van der Waals surface area contributed by atoms with Crippen molar-refractivity contribution in [2.45, 2.75) is 51.9 Å². The van der Waals surface area contributed by atoms with Crippen LogP contribution in [0, 0.1) is 18.3 Å². The number of benzene rings is 1. The van der Waals surface area contributed by atoms with E-state index < -0.39 is 11.4 Å². The minimum absolute atomic E-state index is 0.0672. The molecule has 2 heterocycles. The van der Waals surface area contributed by atoms with Gasteiger partial charge in [0.05, 0.1) is 5.41 Å². The molecule has 0 radical (unpaired) electrons. The minimum atomic E-state index is -1.02. The van der Waals surface area contributed by atoms with Gasteiger partial charge in [-0.3, -0.25) is 9.59 Å². The molecule has 154 valence electrons. The molecule has 1 saturated carbocycles. The number of carbonyl (C=O) groups is 2. The van der Waals surface area contributed by atoms with Crippen LogP contribution in [0.1, 0.15) is 49.8 Å². The molecule has 2 aliphatic rings. The number of aliphatic carboxylic acids is 1. The van der Waals surface area contributed by atoms with Crippen LogP contribution in [0.5, 0.6) is 0 Å². The van der Waals surface area contributed by atoms with Gasteiger partial charge in [-0.2, -0.15) is 0 Å². The molecule has 0 spiro atoms. The highest BCUT2D eigenvalue weighted by molar-refractivity contribution is 5.81. The average molecular weight is 396 g/mol. The zero-order valence-corrected chi connectivity index (χ0v) is 16.9. The van der Waals surface area contributed by atoms with Crippen molar-refractivity contribution in [2.24, 2.45) is 11.3 Å². The second-order valence-corrected chi connectivity index (χ2v) is 8.60. The molecule has 6 nitrogen and oxygen atoms in total. The van der Waals surface area contributed by atoms with Crippen LogP contribution in [-0.2, 0) is 16.0 Å². The number of carboxylic acid groups (broad SMARTS) is 1. The maximum absolute atomic E-state index is 12.9. The van der Waals surface area contributed by atoms with Crippen LogP contribution in [-0.4, -0.2) is 40.1 Å². The Labute approximate surface area is 170 Å². The highest BCUT2D eigenvalue weighted by atomic mass is 16.5. The van der Waals surface area contributed by atoms with Crippen LogP contribution < -0.4 is 0 Å². The largest absolute Gasteiger partial charge is 0.481 e. The smallest absolute Gasteiger partial charge is 0.311 e. The number of aromatic nitrogens is 1. The summed E-state index contributed by atoms with van der Waals surface area (Å²) in [6.07, 6.45) is 5.52. The Morgan fingerprint density at radius 3 is 2.72 bits per heavy atom. The Hall–Kier alpha value is -2.63. The fourth-order valence-corrected chi connectivity index (χ4v) is 4.86. The van der Waals surface area contributed by atoms with E-state index in [9.17, 15) is 14.7 Å². The Kier molecular flexibility index (Phi) is 5.43. The number of likely N-dealkylation sites (tertiary alicyclic amines) is 1. The van der Waals surface area contributed by atoms with Crippen molar-refractivity contribution in [3.05, 3.63) is 41.7 Å². The highest BCUT2D eigenvalue weighted by Crippen LogP contribution is 2.37. The first-order chi connectivity index (χ1) is 14.0. The molecule has 0 unspecified atom stereocenters. The number of rotatable bonds is 5. The molecule has 2 fully saturated rings. The zero-order valence-electron chi connectivity index (χ0n) is 16.9. The summed E-state index contributed by atoms with van der Waals surface area (Å²) in [4.78, 5) is 27.0. The van der Waals surface area contributed by atoms with Crippen molar-refractivity contribution in [3.63, 3.8) is 0 Å².